The molecule has 2 aromatic heterocycles. The molecule has 1 amide bonds. The fraction of sp³-hybridized carbons (Fsp3) is 0.150. The molecule has 1 N–H and O–H groups in total. The molecule has 0 aliphatic rings. The van der Waals surface area contributed by atoms with Gasteiger partial charge in [-0.25, -0.2) is 9.97 Å². The van der Waals surface area contributed by atoms with Crippen molar-refractivity contribution in [3.05, 3.63) is 52.5 Å². The highest BCUT2D eigenvalue weighted by Crippen LogP contribution is 2.34. The van der Waals surface area contributed by atoms with Crippen molar-refractivity contribution in [1.82, 2.24) is 9.97 Å². The molecule has 4 rings (SSSR count). The summed E-state index contributed by atoms with van der Waals surface area (Å²) in [6.07, 6.45) is 0.167. The summed E-state index contributed by atoms with van der Waals surface area (Å²) in [5.41, 5.74) is 2.41. The van der Waals surface area contributed by atoms with Gasteiger partial charge in [0.1, 0.15) is 5.01 Å². The molecule has 4 aromatic rings. The van der Waals surface area contributed by atoms with E-state index in [0.717, 1.165) is 20.8 Å². The number of methoxy groups -OCH3 is 2. The highest BCUT2D eigenvalue weighted by Gasteiger charge is 2.13. The van der Waals surface area contributed by atoms with Gasteiger partial charge in [0.05, 0.1) is 36.6 Å². The minimum Gasteiger partial charge on any atom is -0.493 e. The van der Waals surface area contributed by atoms with Crippen molar-refractivity contribution in [2.75, 3.05) is 19.5 Å². The summed E-state index contributed by atoms with van der Waals surface area (Å²) < 4.78 is 11.5. The average molecular weight is 446 g/mol. The third-order valence-electron chi connectivity index (χ3n) is 4.12. The van der Waals surface area contributed by atoms with Gasteiger partial charge in [-0.15, -0.1) is 11.3 Å². The quantitative estimate of drug-likeness (QED) is 0.437. The molecule has 0 aliphatic carbocycles. The largest absolute Gasteiger partial charge is 0.493 e. The number of aromatic nitrogens is 2. The molecule has 6 nitrogen and oxygen atoms in total. The van der Waals surface area contributed by atoms with E-state index in [1.54, 1.807) is 20.3 Å². The van der Waals surface area contributed by atoms with E-state index in [0.29, 0.717) is 27.3 Å². The first-order chi connectivity index (χ1) is 14.1. The number of carbonyl (C=O) groups excluding carboxylic acids is 1. The summed E-state index contributed by atoms with van der Waals surface area (Å²) in [6.45, 7) is 0. The number of halogens is 1. The number of carbonyl (C=O) groups is 1. The first-order valence-electron chi connectivity index (χ1n) is 8.58. The second-order valence-electron chi connectivity index (χ2n) is 6.07. The average Bonchev–Trinajstić information content (AvgIpc) is 3.33. The van der Waals surface area contributed by atoms with Gasteiger partial charge in [0, 0.05) is 16.0 Å². The number of benzene rings is 2. The van der Waals surface area contributed by atoms with Crippen LogP contribution in [0.4, 0.5) is 5.13 Å². The Kier molecular flexibility index (Phi) is 5.66. The number of ether oxygens (including phenoxy) is 2. The summed E-state index contributed by atoms with van der Waals surface area (Å²) in [7, 11) is 3.19. The fourth-order valence-corrected chi connectivity index (χ4v) is 4.74. The zero-order chi connectivity index (χ0) is 20.4. The van der Waals surface area contributed by atoms with Gasteiger partial charge in [0.25, 0.3) is 0 Å². The third-order valence-corrected chi connectivity index (χ3v) is 6.23. The molecular formula is C20H16ClN3O3S2. The van der Waals surface area contributed by atoms with Gasteiger partial charge in [-0.05, 0) is 36.4 Å². The van der Waals surface area contributed by atoms with Crippen LogP contribution < -0.4 is 14.8 Å². The Labute approximate surface area is 180 Å². The van der Waals surface area contributed by atoms with Crippen molar-refractivity contribution in [3.63, 3.8) is 0 Å². The van der Waals surface area contributed by atoms with Crippen LogP contribution in [0.25, 0.3) is 20.8 Å². The molecule has 2 aromatic carbocycles. The minimum atomic E-state index is -0.167. The third kappa shape index (κ3) is 4.34. The number of anilines is 1. The number of thiazole rings is 2. The molecule has 29 heavy (non-hydrogen) atoms. The molecule has 148 valence electrons. The van der Waals surface area contributed by atoms with E-state index in [9.17, 15) is 4.79 Å². The Morgan fingerprint density at radius 3 is 2.72 bits per heavy atom. The SMILES string of the molecule is COc1ccc(-c2nc(CC(=O)Nc3nc4ccc(Cl)cc4s3)cs2)cc1OC. The lowest BCUT2D eigenvalue weighted by Gasteiger charge is -2.08. The molecule has 0 aliphatic heterocycles. The maximum absolute atomic E-state index is 12.4. The van der Waals surface area contributed by atoms with Crippen molar-refractivity contribution < 1.29 is 14.3 Å². The number of nitrogens with one attached hydrogen (secondary N) is 1. The van der Waals surface area contributed by atoms with E-state index >= 15 is 0 Å². The molecule has 0 radical (unpaired) electrons. The monoisotopic (exact) mass is 445 g/mol. The van der Waals surface area contributed by atoms with E-state index in [1.807, 2.05) is 35.7 Å². The van der Waals surface area contributed by atoms with E-state index in [-0.39, 0.29) is 12.3 Å². The summed E-state index contributed by atoms with van der Waals surface area (Å²) in [4.78, 5) is 21.4. The lowest BCUT2D eigenvalue weighted by atomic mass is 10.2. The van der Waals surface area contributed by atoms with Gasteiger partial charge in [-0.2, -0.15) is 0 Å². The lowest BCUT2D eigenvalue weighted by molar-refractivity contribution is -0.115. The van der Waals surface area contributed by atoms with Crippen molar-refractivity contribution in [1.29, 1.82) is 0 Å². The standard InChI is InChI=1S/C20H16ClN3O3S2/c1-26-15-6-3-11(7-16(15)27-2)19-22-13(10-28-19)9-18(25)24-20-23-14-5-4-12(21)8-17(14)29-20/h3-8,10H,9H2,1-2H3,(H,23,24,25). The van der Waals surface area contributed by atoms with Crippen molar-refractivity contribution in [3.8, 4) is 22.1 Å². The zero-order valence-electron chi connectivity index (χ0n) is 15.6. The van der Waals surface area contributed by atoms with E-state index in [4.69, 9.17) is 21.1 Å². The Morgan fingerprint density at radius 2 is 1.93 bits per heavy atom. The summed E-state index contributed by atoms with van der Waals surface area (Å²) >= 11 is 8.86. The molecule has 0 fully saturated rings. The Balaban J connectivity index is 1.46. The van der Waals surface area contributed by atoms with Crippen LogP contribution in [0.5, 0.6) is 11.5 Å². The maximum atomic E-state index is 12.4. The highest BCUT2D eigenvalue weighted by atomic mass is 35.5. The Morgan fingerprint density at radius 1 is 1.10 bits per heavy atom. The van der Waals surface area contributed by atoms with Gasteiger partial charge in [0.2, 0.25) is 5.91 Å². The van der Waals surface area contributed by atoms with Gasteiger partial charge in [-0.3, -0.25) is 4.79 Å². The van der Waals surface area contributed by atoms with Crippen LogP contribution in [0.1, 0.15) is 5.69 Å². The smallest absolute Gasteiger partial charge is 0.232 e. The maximum Gasteiger partial charge on any atom is 0.232 e. The second kappa shape index (κ2) is 8.36. The summed E-state index contributed by atoms with van der Waals surface area (Å²) in [5, 5.41) is 6.71. The Hall–Kier alpha value is -2.68. The zero-order valence-corrected chi connectivity index (χ0v) is 18.0. The number of rotatable bonds is 6. The predicted molar refractivity (Wildman–Crippen MR) is 118 cm³/mol. The van der Waals surface area contributed by atoms with Crippen LogP contribution in [0, 0.1) is 0 Å². The molecule has 0 bridgehead atoms. The molecule has 0 saturated heterocycles. The predicted octanol–water partition coefficient (Wildman–Crippen LogP) is 5.27. The summed E-state index contributed by atoms with van der Waals surface area (Å²) in [6, 6.07) is 11.1. The minimum absolute atomic E-state index is 0.167. The highest BCUT2D eigenvalue weighted by molar-refractivity contribution is 7.22. The van der Waals surface area contributed by atoms with Gasteiger partial charge >= 0.3 is 0 Å². The van der Waals surface area contributed by atoms with E-state index in [2.05, 4.69) is 15.3 Å². The van der Waals surface area contributed by atoms with Crippen LogP contribution in [0.2, 0.25) is 5.02 Å². The summed E-state index contributed by atoms with van der Waals surface area (Å²) in [5.74, 6) is 1.12. The van der Waals surface area contributed by atoms with Crippen molar-refractivity contribution in [2.24, 2.45) is 0 Å². The normalized spacial score (nSPS) is 10.9. The second-order valence-corrected chi connectivity index (χ2v) is 8.39. The molecule has 0 unspecified atom stereocenters. The van der Waals surface area contributed by atoms with Gasteiger partial charge in [-0.1, -0.05) is 22.9 Å². The van der Waals surface area contributed by atoms with Crippen molar-refractivity contribution >= 4 is 55.5 Å². The molecule has 0 atom stereocenters. The Bertz CT molecular complexity index is 1190. The van der Waals surface area contributed by atoms with Crippen molar-refractivity contribution in [2.45, 2.75) is 6.42 Å². The molecule has 2 heterocycles. The molecular weight excluding hydrogens is 430 g/mol. The first kappa shape index (κ1) is 19.6. The number of hydrogen-bond donors (Lipinski definition) is 1. The van der Waals surface area contributed by atoms with Crippen LogP contribution in [0.15, 0.2) is 41.8 Å². The number of amides is 1. The number of nitrogens with zero attached hydrogens (tertiary/aromatic N) is 2. The lowest BCUT2D eigenvalue weighted by Crippen LogP contribution is -2.14. The first-order valence-corrected chi connectivity index (χ1v) is 10.7. The van der Waals surface area contributed by atoms with Gasteiger partial charge < -0.3 is 14.8 Å². The van der Waals surface area contributed by atoms with E-state index in [1.165, 1.54) is 22.7 Å². The van der Waals surface area contributed by atoms with Crippen LogP contribution in [0.3, 0.4) is 0 Å². The molecule has 0 spiro atoms. The topological polar surface area (TPSA) is 73.3 Å². The molecule has 9 heteroatoms. The number of fused-ring (bicyclic) bond motifs is 1. The van der Waals surface area contributed by atoms with Gasteiger partial charge in [0.15, 0.2) is 16.6 Å². The van der Waals surface area contributed by atoms with Crippen LogP contribution in [-0.4, -0.2) is 30.1 Å². The fourth-order valence-electron chi connectivity index (χ4n) is 2.77. The van der Waals surface area contributed by atoms with Crippen LogP contribution >= 0.6 is 34.3 Å². The number of hydrogen-bond acceptors (Lipinski definition) is 7. The van der Waals surface area contributed by atoms with Crippen LogP contribution in [-0.2, 0) is 11.2 Å². The molecule has 0 saturated carbocycles. The van der Waals surface area contributed by atoms with E-state index < -0.39 is 0 Å².